The molecular weight excluding hydrogens is 250 g/mol. The zero-order chi connectivity index (χ0) is 14.2. The number of likely N-dealkylation sites (N-methyl/N-ethyl adjacent to an activating group) is 1. The molecule has 20 heavy (non-hydrogen) atoms. The number of hydrogen-bond donors (Lipinski definition) is 1. The molecule has 0 saturated carbocycles. The van der Waals surface area contributed by atoms with Crippen LogP contribution < -0.4 is 5.32 Å². The zero-order valence-electron chi connectivity index (χ0n) is 13.4. The molecule has 4 heteroatoms. The Morgan fingerprint density at radius 3 is 2.90 bits per heavy atom. The molecule has 0 aromatic carbocycles. The van der Waals surface area contributed by atoms with E-state index < -0.39 is 0 Å². The van der Waals surface area contributed by atoms with E-state index in [0.717, 1.165) is 38.7 Å². The molecule has 0 aromatic heterocycles. The molecule has 0 aliphatic carbocycles. The molecule has 2 heterocycles. The summed E-state index contributed by atoms with van der Waals surface area (Å²) in [7, 11) is 0. The molecule has 0 amide bonds. The van der Waals surface area contributed by atoms with E-state index >= 15 is 0 Å². The maximum absolute atomic E-state index is 5.98. The number of nitrogens with one attached hydrogen (secondary N) is 1. The van der Waals surface area contributed by atoms with E-state index in [-0.39, 0.29) is 0 Å². The summed E-state index contributed by atoms with van der Waals surface area (Å²) in [5.74, 6) is 0.834. The van der Waals surface area contributed by atoms with Gasteiger partial charge in [0.1, 0.15) is 0 Å². The lowest BCUT2D eigenvalue weighted by Crippen LogP contribution is -2.49. The van der Waals surface area contributed by atoms with Crippen LogP contribution in [0.3, 0.4) is 0 Å². The fraction of sp³-hybridized carbons (Fsp3) is 1.00. The van der Waals surface area contributed by atoms with Crippen molar-refractivity contribution in [3.05, 3.63) is 0 Å². The van der Waals surface area contributed by atoms with E-state index in [0.29, 0.717) is 6.10 Å². The Labute approximate surface area is 124 Å². The van der Waals surface area contributed by atoms with Crippen LogP contribution in [0.25, 0.3) is 0 Å². The Kier molecular flexibility index (Phi) is 7.28. The predicted molar refractivity (Wildman–Crippen MR) is 84.2 cm³/mol. The van der Waals surface area contributed by atoms with Crippen LogP contribution in [0.15, 0.2) is 0 Å². The van der Waals surface area contributed by atoms with Crippen LogP contribution in [0.1, 0.15) is 33.1 Å². The quantitative estimate of drug-likeness (QED) is 0.765. The van der Waals surface area contributed by atoms with Crippen LogP contribution in [-0.2, 0) is 4.74 Å². The van der Waals surface area contributed by atoms with Gasteiger partial charge in [0, 0.05) is 26.2 Å². The van der Waals surface area contributed by atoms with Crippen molar-refractivity contribution in [2.75, 3.05) is 59.0 Å². The Hall–Kier alpha value is -0.160. The molecule has 0 aromatic rings. The van der Waals surface area contributed by atoms with Gasteiger partial charge in [-0.05, 0) is 51.4 Å². The number of rotatable bonds is 7. The Morgan fingerprint density at radius 1 is 1.30 bits per heavy atom. The van der Waals surface area contributed by atoms with Crippen molar-refractivity contribution in [2.24, 2.45) is 5.92 Å². The average molecular weight is 283 g/mol. The Balaban J connectivity index is 1.78. The maximum atomic E-state index is 5.98. The van der Waals surface area contributed by atoms with Gasteiger partial charge in [0.2, 0.25) is 0 Å². The Bertz CT molecular complexity index is 256. The highest BCUT2D eigenvalue weighted by Gasteiger charge is 2.23. The molecule has 2 aliphatic heterocycles. The van der Waals surface area contributed by atoms with Crippen molar-refractivity contribution in [2.45, 2.75) is 39.2 Å². The van der Waals surface area contributed by atoms with Gasteiger partial charge < -0.3 is 15.0 Å². The second-order valence-corrected chi connectivity index (χ2v) is 6.36. The van der Waals surface area contributed by atoms with Crippen LogP contribution in [0.4, 0.5) is 0 Å². The number of piperidine rings is 1. The summed E-state index contributed by atoms with van der Waals surface area (Å²) in [4.78, 5) is 5.15. The minimum Gasteiger partial charge on any atom is -0.374 e. The van der Waals surface area contributed by atoms with Gasteiger partial charge >= 0.3 is 0 Å². The summed E-state index contributed by atoms with van der Waals surface area (Å²) in [6.07, 6.45) is 4.38. The summed E-state index contributed by atoms with van der Waals surface area (Å²) in [6.45, 7) is 14.8. The van der Waals surface area contributed by atoms with Gasteiger partial charge in [0.15, 0.2) is 0 Å². The third-order valence-corrected chi connectivity index (χ3v) is 4.59. The highest BCUT2D eigenvalue weighted by atomic mass is 16.5. The first-order valence-electron chi connectivity index (χ1n) is 8.58. The minimum atomic E-state index is 0.409. The maximum Gasteiger partial charge on any atom is 0.0829 e. The van der Waals surface area contributed by atoms with E-state index in [1.807, 2.05) is 0 Å². The lowest BCUT2D eigenvalue weighted by molar-refractivity contribution is -0.0436. The minimum absolute atomic E-state index is 0.409. The number of morpholine rings is 1. The second-order valence-electron chi connectivity index (χ2n) is 6.36. The SMILES string of the molecule is CCCN(CC1CCCNC1)CC1CN(CC)CCO1. The van der Waals surface area contributed by atoms with Gasteiger partial charge in [-0.1, -0.05) is 13.8 Å². The summed E-state index contributed by atoms with van der Waals surface area (Å²) in [5, 5.41) is 3.54. The van der Waals surface area contributed by atoms with E-state index in [2.05, 4.69) is 29.0 Å². The number of ether oxygens (including phenoxy) is 1. The fourth-order valence-corrected chi connectivity index (χ4v) is 3.48. The van der Waals surface area contributed by atoms with Gasteiger partial charge in [-0.2, -0.15) is 0 Å². The van der Waals surface area contributed by atoms with Crippen molar-refractivity contribution in [1.82, 2.24) is 15.1 Å². The predicted octanol–water partition coefficient (Wildman–Crippen LogP) is 1.42. The van der Waals surface area contributed by atoms with Gasteiger partial charge in [0.05, 0.1) is 12.7 Å². The van der Waals surface area contributed by atoms with Crippen LogP contribution in [0.5, 0.6) is 0 Å². The van der Waals surface area contributed by atoms with Crippen LogP contribution in [-0.4, -0.2) is 74.9 Å². The summed E-state index contributed by atoms with van der Waals surface area (Å²) >= 11 is 0. The third-order valence-electron chi connectivity index (χ3n) is 4.59. The lowest BCUT2D eigenvalue weighted by Gasteiger charge is -2.36. The zero-order valence-corrected chi connectivity index (χ0v) is 13.4. The van der Waals surface area contributed by atoms with Gasteiger partial charge in [0.25, 0.3) is 0 Å². The second kappa shape index (κ2) is 8.98. The molecule has 0 spiro atoms. The molecule has 2 rings (SSSR count). The molecule has 1 N–H and O–H groups in total. The highest BCUT2D eigenvalue weighted by Crippen LogP contribution is 2.14. The van der Waals surface area contributed by atoms with Crippen LogP contribution >= 0.6 is 0 Å². The third kappa shape index (κ3) is 5.32. The number of nitrogens with zero attached hydrogens (tertiary/aromatic N) is 2. The van der Waals surface area contributed by atoms with Gasteiger partial charge in [-0.3, -0.25) is 4.90 Å². The Morgan fingerprint density at radius 2 is 2.20 bits per heavy atom. The normalized spacial score (nSPS) is 28.9. The largest absolute Gasteiger partial charge is 0.374 e. The molecule has 0 bridgehead atoms. The molecular formula is C16H33N3O. The molecule has 4 nitrogen and oxygen atoms in total. The molecule has 2 fully saturated rings. The summed E-state index contributed by atoms with van der Waals surface area (Å²) < 4.78 is 5.98. The molecule has 118 valence electrons. The van der Waals surface area contributed by atoms with Crippen molar-refractivity contribution in [1.29, 1.82) is 0 Å². The van der Waals surface area contributed by atoms with E-state index in [1.54, 1.807) is 0 Å². The first kappa shape index (κ1) is 16.2. The van der Waals surface area contributed by atoms with E-state index in [4.69, 9.17) is 4.74 Å². The van der Waals surface area contributed by atoms with Crippen molar-refractivity contribution in [3.63, 3.8) is 0 Å². The van der Waals surface area contributed by atoms with E-state index in [1.165, 1.54) is 45.4 Å². The number of hydrogen-bond acceptors (Lipinski definition) is 4. The smallest absolute Gasteiger partial charge is 0.0829 e. The van der Waals surface area contributed by atoms with Crippen LogP contribution in [0, 0.1) is 5.92 Å². The molecule has 2 saturated heterocycles. The van der Waals surface area contributed by atoms with E-state index in [9.17, 15) is 0 Å². The lowest BCUT2D eigenvalue weighted by atomic mass is 9.99. The van der Waals surface area contributed by atoms with Crippen molar-refractivity contribution >= 4 is 0 Å². The van der Waals surface area contributed by atoms with Gasteiger partial charge in [-0.15, -0.1) is 0 Å². The summed E-state index contributed by atoms with van der Waals surface area (Å²) in [5.41, 5.74) is 0. The first-order valence-corrected chi connectivity index (χ1v) is 8.58. The summed E-state index contributed by atoms with van der Waals surface area (Å²) in [6, 6.07) is 0. The highest BCUT2D eigenvalue weighted by molar-refractivity contribution is 4.78. The molecule has 2 aliphatic rings. The van der Waals surface area contributed by atoms with Crippen molar-refractivity contribution < 1.29 is 4.74 Å². The van der Waals surface area contributed by atoms with Gasteiger partial charge in [-0.25, -0.2) is 0 Å². The van der Waals surface area contributed by atoms with Crippen LogP contribution in [0.2, 0.25) is 0 Å². The van der Waals surface area contributed by atoms with Crippen molar-refractivity contribution in [3.8, 4) is 0 Å². The fourth-order valence-electron chi connectivity index (χ4n) is 3.48. The molecule has 2 unspecified atom stereocenters. The first-order chi connectivity index (χ1) is 9.81. The average Bonchev–Trinajstić information content (AvgIpc) is 2.49. The standard InChI is InChI=1S/C16H33N3O/c1-3-8-19(12-15-6-5-7-17-11-15)14-16-13-18(4-2)9-10-20-16/h15-17H,3-14H2,1-2H3. The topological polar surface area (TPSA) is 27.7 Å². The monoisotopic (exact) mass is 283 g/mol. The molecule has 2 atom stereocenters. The molecule has 0 radical (unpaired) electrons.